The molecule has 0 heterocycles. The lowest BCUT2D eigenvalue weighted by Crippen LogP contribution is -2.27. The molecule has 4 heteroatoms. The van der Waals surface area contributed by atoms with Crippen LogP contribution in [0.15, 0.2) is 12.1 Å². The van der Waals surface area contributed by atoms with Crippen molar-refractivity contribution in [2.45, 2.75) is 46.6 Å². The largest absolute Gasteiger partial charge is 0.494 e. The molecular formula is C16H25NO3. The third kappa shape index (κ3) is 4.85. The smallest absolute Gasteiger partial charge is 0.307 e. The predicted octanol–water partition coefficient (Wildman–Crippen LogP) is 2.53. The van der Waals surface area contributed by atoms with Crippen LogP contribution in [-0.2, 0) is 16.0 Å². The van der Waals surface area contributed by atoms with Crippen LogP contribution in [0.1, 0.15) is 37.0 Å². The average Bonchev–Trinajstić information content (AvgIpc) is 2.35. The second-order valence-corrected chi connectivity index (χ2v) is 4.95. The van der Waals surface area contributed by atoms with Crippen molar-refractivity contribution in [1.29, 1.82) is 0 Å². The number of aryl methyl sites for hydroxylation is 2. The lowest BCUT2D eigenvalue weighted by atomic mass is 9.97. The maximum atomic E-state index is 11.4. The summed E-state index contributed by atoms with van der Waals surface area (Å²) in [5.41, 5.74) is 9.41. The highest BCUT2D eigenvalue weighted by Crippen LogP contribution is 2.24. The zero-order valence-corrected chi connectivity index (χ0v) is 12.9. The maximum absolute atomic E-state index is 11.4. The molecule has 0 fully saturated rings. The fourth-order valence-corrected chi connectivity index (χ4v) is 2.17. The Balaban J connectivity index is 2.72. The van der Waals surface area contributed by atoms with Crippen molar-refractivity contribution < 1.29 is 14.3 Å². The van der Waals surface area contributed by atoms with Gasteiger partial charge in [0.25, 0.3) is 0 Å². The second kappa shape index (κ2) is 7.90. The highest BCUT2D eigenvalue weighted by molar-refractivity contribution is 5.70. The van der Waals surface area contributed by atoms with E-state index in [4.69, 9.17) is 15.2 Å². The summed E-state index contributed by atoms with van der Waals surface area (Å²) in [7, 11) is 0. The Labute approximate surface area is 121 Å². The van der Waals surface area contributed by atoms with Gasteiger partial charge in [0, 0.05) is 6.04 Å². The van der Waals surface area contributed by atoms with Gasteiger partial charge in [-0.05, 0) is 56.9 Å². The van der Waals surface area contributed by atoms with E-state index in [0.717, 1.165) is 22.4 Å². The molecule has 0 aromatic heterocycles. The molecule has 20 heavy (non-hydrogen) atoms. The summed E-state index contributed by atoms with van der Waals surface area (Å²) in [6, 6.07) is 3.90. The van der Waals surface area contributed by atoms with E-state index in [9.17, 15) is 4.79 Å². The minimum absolute atomic E-state index is 0.218. The molecule has 0 saturated heterocycles. The van der Waals surface area contributed by atoms with Gasteiger partial charge in [-0.3, -0.25) is 4.79 Å². The van der Waals surface area contributed by atoms with Crippen LogP contribution in [0.5, 0.6) is 5.75 Å². The second-order valence-electron chi connectivity index (χ2n) is 4.95. The summed E-state index contributed by atoms with van der Waals surface area (Å²) < 4.78 is 10.5. The first kappa shape index (κ1) is 16.5. The molecule has 0 aliphatic heterocycles. The predicted molar refractivity (Wildman–Crippen MR) is 80.0 cm³/mol. The van der Waals surface area contributed by atoms with Crippen LogP contribution in [0.3, 0.4) is 0 Å². The van der Waals surface area contributed by atoms with Crippen LogP contribution in [-0.4, -0.2) is 25.2 Å². The third-order valence-electron chi connectivity index (χ3n) is 3.15. The van der Waals surface area contributed by atoms with Gasteiger partial charge in [0.15, 0.2) is 0 Å². The summed E-state index contributed by atoms with van der Waals surface area (Å²) in [6.07, 6.45) is 0.914. The number of carbonyl (C=O) groups is 1. The van der Waals surface area contributed by atoms with E-state index < -0.39 is 0 Å². The van der Waals surface area contributed by atoms with Crippen molar-refractivity contribution in [3.8, 4) is 5.75 Å². The number of ether oxygens (including phenoxy) is 2. The molecule has 112 valence electrons. The van der Waals surface area contributed by atoms with Crippen molar-refractivity contribution in [1.82, 2.24) is 0 Å². The Bertz CT molecular complexity index is 457. The first-order chi connectivity index (χ1) is 9.47. The fraction of sp³-hybridized carbons (Fsp3) is 0.562. The lowest BCUT2D eigenvalue weighted by Gasteiger charge is -2.15. The van der Waals surface area contributed by atoms with Crippen molar-refractivity contribution in [3.05, 3.63) is 28.8 Å². The third-order valence-corrected chi connectivity index (χ3v) is 3.15. The van der Waals surface area contributed by atoms with E-state index >= 15 is 0 Å². The molecule has 0 bridgehead atoms. The summed E-state index contributed by atoms with van der Waals surface area (Å²) in [4.78, 5) is 11.4. The SMILES string of the molecule is CCOC(=O)CC(N)Cc1cc(C)c(OCC)cc1C. The van der Waals surface area contributed by atoms with Gasteiger partial charge < -0.3 is 15.2 Å². The van der Waals surface area contributed by atoms with Crippen molar-refractivity contribution in [2.75, 3.05) is 13.2 Å². The molecule has 0 aliphatic rings. The number of benzene rings is 1. The van der Waals surface area contributed by atoms with Crippen molar-refractivity contribution in [2.24, 2.45) is 5.73 Å². The Morgan fingerprint density at radius 2 is 1.90 bits per heavy atom. The van der Waals surface area contributed by atoms with E-state index in [0.29, 0.717) is 19.6 Å². The van der Waals surface area contributed by atoms with Crippen LogP contribution in [0, 0.1) is 13.8 Å². The zero-order chi connectivity index (χ0) is 15.1. The Hall–Kier alpha value is -1.55. The average molecular weight is 279 g/mol. The van der Waals surface area contributed by atoms with E-state index in [1.54, 1.807) is 6.92 Å². The Morgan fingerprint density at radius 1 is 1.20 bits per heavy atom. The van der Waals surface area contributed by atoms with Gasteiger partial charge in [-0.1, -0.05) is 6.07 Å². The van der Waals surface area contributed by atoms with Crippen molar-refractivity contribution >= 4 is 5.97 Å². The summed E-state index contributed by atoms with van der Waals surface area (Å²) in [6.45, 7) is 8.87. The first-order valence-electron chi connectivity index (χ1n) is 7.12. The quantitative estimate of drug-likeness (QED) is 0.779. The maximum Gasteiger partial charge on any atom is 0.307 e. The van der Waals surface area contributed by atoms with Gasteiger partial charge in [0.2, 0.25) is 0 Å². The molecule has 0 radical (unpaired) electrons. The molecular weight excluding hydrogens is 254 g/mol. The first-order valence-corrected chi connectivity index (χ1v) is 7.12. The molecule has 4 nitrogen and oxygen atoms in total. The highest BCUT2D eigenvalue weighted by Gasteiger charge is 2.13. The zero-order valence-electron chi connectivity index (χ0n) is 12.9. The lowest BCUT2D eigenvalue weighted by molar-refractivity contribution is -0.143. The summed E-state index contributed by atoms with van der Waals surface area (Å²) in [5, 5.41) is 0. The molecule has 1 rings (SSSR count). The number of nitrogens with two attached hydrogens (primary N) is 1. The summed E-state index contributed by atoms with van der Waals surface area (Å²) in [5.74, 6) is 0.674. The van der Waals surface area contributed by atoms with Gasteiger partial charge in [-0.2, -0.15) is 0 Å². The number of hydrogen-bond donors (Lipinski definition) is 1. The molecule has 0 saturated carbocycles. The van der Waals surface area contributed by atoms with E-state index in [1.165, 1.54) is 0 Å². The highest BCUT2D eigenvalue weighted by atomic mass is 16.5. The van der Waals surface area contributed by atoms with Crippen LogP contribution >= 0.6 is 0 Å². The van der Waals surface area contributed by atoms with E-state index in [1.807, 2.05) is 26.8 Å². The minimum atomic E-state index is -0.236. The number of rotatable bonds is 7. The number of hydrogen-bond acceptors (Lipinski definition) is 4. The molecule has 0 aliphatic carbocycles. The number of carbonyl (C=O) groups excluding carboxylic acids is 1. The van der Waals surface area contributed by atoms with E-state index in [2.05, 4.69) is 6.07 Å². The minimum Gasteiger partial charge on any atom is -0.494 e. The van der Waals surface area contributed by atoms with Crippen molar-refractivity contribution in [3.63, 3.8) is 0 Å². The molecule has 1 aromatic rings. The fourth-order valence-electron chi connectivity index (χ4n) is 2.17. The standard InChI is InChI=1S/C16H25NO3/c1-5-19-15-8-11(3)13(7-12(15)4)9-14(17)10-16(18)20-6-2/h7-8,14H,5-6,9-10,17H2,1-4H3. The monoisotopic (exact) mass is 279 g/mol. The van der Waals surface area contributed by atoms with E-state index in [-0.39, 0.29) is 18.4 Å². The molecule has 1 unspecified atom stereocenters. The van der Waals surface area contributed by atoms with Crippen LogP contribution < -0.4 is 10.5 Å². The Morgan fingerprint density at radius 3 is 2.50 bits per heavy atom. The molecule has 0 spiro atoms. The molecule has 1 aromatic carbocycles. The van der Waals surface area contributed by atoms with Gasteiger partial charge in [0.1, 0.15) is 5.75 Å². The molecule has 1 atom stereocenters. The van der Waals surface area contributed by atoms with Gasteiger partial charge in [0.05, 0.1) is 19.6 Å². The van der Waals surface area contributed by atoms with Gasteiger partial charge >= 0.3 is 5.97 Å². The van der Waals surface area contributed by atoms with Gasteiger partial charge in [-0.25, -0.2) is 0 Å². The summed E-state index contributed by atoms with van der Waals surface area (Å²) >= 11 is 0. The normalized spacial score (nSPS) is 12.1. The van der Waals surface area contributed by atoms with Gasteiger partial charge in [-0.15, -0.1) is 0 Å². The topological polar surface area (TPSA) is 61.5 Å². The van der Waals surface area contributed by atoms with Crippen LogP contribution in [0.25, 0.3) is 0 Å². The van der Waals surface area contributed by atoms with Crippen LogP contribution in [0.4, 0.5) is 0 Å². The molecule has 2 N–H and O–H groups in total. The molecule has 0 amide bonds. The van der Waals surface area contributed by atoms with Crippen LogP contribution in [0.2, 0.25) is 0 Å². The Kier molecular flexibility index (Phi) is 6.52. The number of esters is 1.